The second-order valence-electron chi connectivity index (χ2n) is 6.34. The number of benzene rings is 3. The van der Waals surface area contributed by atoms with Crippen molar-refractivity contribution in [3.63, 3.8) is 0 Å². The van der Waals surface area contributed by atoms with Crippen molar-refractivity contribution in [2.24, 2.45) is 0 Å². The maximum absolute atomic E-state index is 5.39. The monoisotopic (exact) mass is 377 g/mol. The average molecular weight is 378 g/mol. The fourth-order valence-electron chi connectivity index (χ4n) is 3.37. The molecule has 0 saturated carbocycles. The summed E-state index contributed by atoms with van der Waals surface area (Å²) in [7, 11) is 1.71. The summed E-state index contributed by atoms with van der Waals surface area (Å²) in [6.45, 7) is 4.13. The first-order valence-corrected chi connectivity index (χ1v) is 10.4. The molecule has 0 unspecified atom stereocenters. The molecule has 3 aromatic carbocycles. The normalized spacial score (nSPS) is 11.3. The standard InChI is InChI=1S/C24H27NOS/c1-3-25-18-19-27-24(20-10-6-4-7-11-20,21-12-8-5-9-13-21)22-14-16-23(26-2)17-15-22/h4-17,25H,3,18-19H2,1-2H3. The fourth-order valence-corrected chi connectivity index (χ4v) is 4.84. The van der Waals surface area contributed by atoms with E-state index in [-0.39, 0.29) is 4.75 Å². The van der Waals surface area contributed by atoms with Gasteiger partial charge in [-0.1, -0.05) is 79.7 Å². The number of rotatable bonds is 9. The van der Waals surface area contributed by atoms with E-state index in [9.17, 15) is 0 Å². The zero-order valence-electron chi connectivity index (χ0n) is 16.0. The van der Waals surface area contributed by atoms with Gasteiger partial charge in [0, 0.05) is 12.3 Å². The first kappa shape index (κ1) is 19.5. The Morgan fingerprint density at radius 1 is 0.778 bits per heavy atom. The predicted octanol–water partition coefficient (Wildman–Crippen LogP) is 5.33. The first-order chi connectivity index (χ1) is 13.3. The lowest BCUT2D eigenvalue weighted by Gasteiger charge is -2.35. The van der Waals surface area contributed by atoms with E-state index in [2.05, 4.69) is 97.2 Å². The molecular formula is C24H27NOS. The van der Waals surface area contributed by atoms with Crippen LogP contribution in [0.25, 0.3) is 0 Å². The van der Waals surface area contributed by atoms with E-state index in [0.717, 1.165) is 24.6 Å². The Kier molecular flexibility index (Phi) is 6.97. The summed E-state index contributed by atoms with van der Waals surface area (Å²) >= 11 is 1.98. The van der Waals surface area contributed by atoms with Crippen LogP contribution < -0.4 is 10.1 Å². The van der Waals surface area contributed by atoms with Gasteiger partial charge < -0.3 is 10.1 Å². The van der Waals surface area contributed by atoms with E-state index in [1.807, 2.05) is 11.8 Å². The van der Waals surface area contributed by atoms with Crippen LogP contribution in [0.15, 0.2) is 84.9 Å². The third-order valence-electron chi connectivity index (χ3n) is 4.70. The highest BCUT2D eigenvalue weighted by Gasteiger charge is 2.36. The molecule has 0 saturated heterocycles. The van der Waals surface area contributed by atoms with E-state index in [0.29, 0.717) is 0 Å². The minimum absolute atomic E-state index is 0.260. The van der Waals surface area contributed by atoms with Crippen LogP contribution in [0.3, 0.4) is 0 Å². The van der Waals surface area contributed by atoms with E-state index in [4.69, 9.17) is 4.74 Å². The molecule has 2 nitrogen and oxygen atoms in total. The molecule has 0 aromatic heterocycles. The van der Waals surface area contributed by atoms with Gasteiger partial charge in [0.2, 0.25) is 0 Å². The third-order valence-corrected chi connectivity index (χ3v) is 6.25. The Balaban J connectivity index is 2.14. The van der Waals surface area contributed by atoms with Crippen molar-refractivity contribution < 1.29 is 4.74 Å². The number of thioether (sulfide) groups is 1. The van der Waals surface area contributed by atoms with Crippen molar-refractivity contribution >= 4 is 11.8 Å². The second kappa shape index (κ2) is 9.63. The molecule has 0 aliphatic rings. The molecule has 0 aliphatic carbocycles. The molecule has 0 bridgehead atoms. The number of methoxy groups -OCH3 is 1. The minimum Gasteiger partial charge on any atom is -0.497 e. The molecule has 140 valence electrons. The molecule has 0 aliphatic heterocycles. The quantitative estimate of drug-likeness (QED) is 0.402. The summed E-state index contributed by atoms with van der Waals surface area (Å²) in [5.74, 6) is 1.90. The van der Waals surface area contributed by atoms with E-state index < -0.39 is 0 Å². The number of hydrogen-bond donors (Lipinski definition) is 1. The Morgan fingerprint density at radius 3 is 1.78 bits per heavy atom. The highest BCUT2D eigenvalue weighted by Crippen LogP contribution is 2.48. The Bertz CT molecular complexity index is 763. The zero-order chi connectivity index (χ0) is 19.0. The van der Waals surface area contributed by atoms with Gasteiger partial charge in [0.05, 0.1) is 11.9 Å². The lowest BCUT2D eigenvalue weighted by Crippen LogP contribution is -2.28. The Labute approximate surface area is 167 Å². The highest BCUT2D eigenvalue weighted by molar-refractivity contribution is 8.00. The van der Waals surface area contributed by atoms with E-state index in [1.165, 1.54) is 16.7 Å². The summed E-state index contributed by atoms with van der Waals surface area (Å²) < 4.78 is 5.13. The van der Waals surface area contributed by atoms with Gasteiger partial charge in [0.25, 0.3) is 0 Å². The maximum Gasteiger partial charge on any atom is 0.118 e. The van der Waals surface area contributed by atoms with Crippen LogP contribution in [0.5, 0.6) is 5.75 Å². The van der Waals surface area contributed by atoms with Crippen LogP contribution in [-0.2, 0) is 4.75 Å². The van der Waals surface area contributed by atoms with Crippen LogP contribution in [-0.4, -0.2) is 26.0 Å². The van der Waals surface area contributed by atoms with Gasteiger partial charge in [0.15, 0.2) is 0 Å². The molecule has 0 fully saturated rings. The summed E-state index contributed by atoms with van der Waals surface area (Å²) in [6, 6.07) is 30.1. The molecule has 0 amide bonds. The van der Waals surface area contributed by atoms with Crippen molar-refractivity contribution in [2.45, 2.75) is 11.7 Å². The zero-order valence-corrected chi connectivity index (χ0v) is 16.8. The van der Waals surface area contributed by atoms with Gasteiger partial charge in [-0.15, -0.1) is 11.8 Å². The third kappa shape index (κ3) is 4.37. The van der Waals surface area contributed by atoms with E-state index in [1.54, 1.807) is 7.11 Å². The summed E-state index contributed by atoms with van der Waals surface area (Å²) in [4.78, 5) is 0. The van der Waals surface area contributed by atoms with Gasteiger partial charge in [-0.25, -0.2) is 0 Å². The molecule has 27 heavy (non-hydrogen) atoms. The molecule has 3 aromatic rings. The van der Waals surface area contributed by atoms with Crippen LogP contribution >= 0.6 is 11.8 Å². The number of nitrogens with one attached hydrogen (secondary N) is 1. The molecule has 3 heteroatoms. The number of hydrogen-bond acceptors (Lipinski definition) is 3. The van der Waals surface area contributed by atoms with Gasteiger partial charge in [-0.3, -0.25) is 0 Å². The minimum atomic E-state index is -0.260. The highest BCUT2D eigenvalue weighted by atomic mass is 32.2. The van der Waals surface area contributed by atoms with Crippen molar-refractivity contribution in [1.29, 1.82) is 0 Å². The lowest BCUT2D eigenvalue weighted by atomic mass is 9.84. The average Bonchev–Trinajstić information content (AvgIpc) is 2.75. The SMILES string of the molecule is CCNCCSC(c1ccccc1)(c1ccccc1)c1ccc(OC)cc1. The molecule has 0 heterocycles. The van der Waals surface area contributed by atoms with Crippen LogP contribution in [0.1, 0.15) is 23.6 Å². The van der Waals surface area contributed by atoms with Crippen molar-refractivity contribution in [3.05, 3.63) is 102 Å². The molecule has 0 radical (unpaired) electrons. The fraction of sp³-hybridized carbons (Fsp3) is 0.250. The summed E-state index contributed by atoms with van der Waals surface area (Å²) in [5.41, 5.74) is 3.85. The summed E-state index contributed by atoms with van der Waals surface area (Å²) in [6.07, 6.45) is 0. The van der Waals surface area contributed by atoms with Crippen LogP contribution in [0, 0.1) is 0 Å². The van der Waals surface area contributed by atoms with Crippen LogP contribution in [0.2, 0.25) is 0 Å². The first-order valence-electron chi connectivity index (χ1n) is 9.41. The van der Waals surface area contributed by atoms with Gasteiger partial charge in [0.1, 0.15) is 5.75 Å². The second-order valence-corrected chi connectivity index (χ2v) is 7.65. The maximum atomic E-state index is 5.39. The largest absolute Gasteiger partial charge is 0.497 e. The van der Waals surface area contributed by atoms with Crippen LogP contribution in [0.4, 0.5) is 0 Å². The molecule has 1 N–H and O–H groups in total. The van der Waals surface area contributed by atoms with Gasteiger partial charge in [-0.2, -0.15) is 0 Å². The van der Waals surface area contributed by atoms with Gasteiger partial charge >= 0.3 is 0 Å². The smallest absolute Gasteiger partial charge is 0.118 e. The van der Waals surface area contributed by atoms with Crippen molar-refractivity contribution in [1.82, 2.24) is 5.32 Å². The molecular weight excluding hydrogens is 350 g/mol. The summed E-state index contributed by atoms with van der Waals surface area (Å²) in [5, 5.41) is 3.45. The topological polar surface area (TPSA) is 21.3 Å². The Hall–Kier alpha value is -2.23. The number of ether oxygens (including phenoxy) is 1. The predicted molar refractivity (Wildman–Crippen MR) is 117 cm³/mol. The van der Waals surface area contributed by atoms with E-state index >= 15 is 0 Å². The van der Waals surface area contributed by atoms with Crippen molar-refractivity contribution in [2.75, 3.05) is 26.0 Å². The Morgan fingerprint density at radius 2 is 1.30 bits per heavy atom. The van der Waals surface area contributed by atoms with Crippen molar-refractivity contribution in [3.8, 4) is 5.75 Å². The lowest BCUT2D eigenvalue weighted by molar-refractivity contribution is 0.414. The molecule has 3 rings (SSSR count). The van der Waals surface area contributed by atoms with Gasteiger partial charge in [-0.05, 0) is 35.4 Å². The molecule has 0 spiro atoms. The molecule has 0 atom stereocenters.